The molecular formula is C18H20N2O2. The number of nitrogens with two attached hydrogens (primary N) is 1. The van der Waals surface area contributed by atoms with E-state index in [4.69, 9.17) is 10.5 Å². The van der Waals surface area contributed by atoms with Crippen molar-refractivity contribution < 1.29 is 9.53 Å². The van der Waals surface area contributed by atoms with Crippen LogP contribution < -0.4 is 15.4 Å². The van der Waals surface area contributed by atoms with E-state index in [9.17, 15) is 4.79 Å². The zero-order valence-electron chi connectivity index (χ0n) is 12.8. The number of nitrogens with zero attached hydrogens (tertiary/aromatic N) is 1. The second-order valence-corrected chi connectivity index (χ2v) is 5.47. The van der Waals surface area contributed by atoms with Gasteiger partial charge in [-0.3, -0.25) is 4.79 Å². The molecule has 22 heavy (non-hydrogen) atoms. The average Bonchev–Trinajstić information content (AvgIpc) is 2.59. The van der Waals surface area contributed by atoms with Gasteiger partial charge in [-0.05, 0) is 41.8 Å². The molecule has 2 aromatic rings. The van der Waals surface area contributed by atoms with Gasteiger partial charge in [0.1, 0.15) is 11.8 Å². The van der Waals surface area contributed by atoms with Gasteiger partial charge in [0.15, 0.2) is 0 Å². The van der Waals surface area contributed by atoms with Crippen molar-refractivity contribution in [1.82, 2.24) is 0 Å². The molecule has 4 nitrogen and oxygen atoms in total. The summed E-state index contributed by atoms with van der Waals surface area (Å²) in [5.74, 6) is 0.722. The molecule has 0 unspecified atom stereocenters. The van der Waals surface area contributed by atoms with Gasteiger partial charge in [-0.25, -0.2) is 0 Å². The van der Waals surface area contributed by atoms with Crippen LogP contribution >= 0.6 is 0 Å². The number of hydrogen-bond acceptors (Lipinski definition) is 3. The van der Waals surface area contributed by atoms with Gasteiger partial charge in [0.2, 0.25) is 5.91 Å². The first-order chi connectivity index (χ1) is 10.7. The Labute approximate surface area is 130 Å². The summed E-state index contributed by atoms with van der Waals surface area (Å²) in [4.78, 5) is 13.9. The predicted octanol–water partition coefficient (Wildman–Crippen LogP) is 2.67. The van der Waals surface area contributed by atoms with Crippen molar-refractivity contribution in [2.45, 2.75) is 25.4 Å². The number of anilines is 1. The fourth-order valence-corrected chi connectivity index (χ4v) is 2.85. The van der Waals surface area contributed by atoms with Crippen molar-refractivity contribution in [3.8, 4) is 5.75 Å². The van der Waals surface area contributed by atoms with E-state index in [1.165, 1.54) is 5.56 Å². The first-order valence-corrected chi connectivity index (χ1v) is 7.47. The van der Waals surface area contributed by atoms with Crippen LogP contribution in [0.1, 0.15) is 24.1 Å². The van der Waals surface area contributed by atoms with Crippen LogP contribution in [0, 0.1) is 0 Å². The van der Waals surface area contributed by atoms with Crippen LogP contribution in [0.5, 0.6) is 5.75 Å². The van der Waals surface area contributed by atoms with E-state index in [1.54, 1.807) is 12.0 Å². The number of ether oxygens (including phenoxy) is 1. The van der Waals surface area contributed by atoms with E-state index >= 15 is 0 Å². The maximum absolute atomic E-state index is 12.2. The van der Waals surface area contributed by atoms with Gasteiger partial charge in [-0.2, -0.15) is 0 Å². The zero-order chi connectivity index (χ0) is 15.7. The van der Waals surface area contributed by atoms with Crippen LogP contribution in [-0.4, -0.2) is 19.1 Å². The highest BCUT2D eigenvalue weighted by Gasteiger charge is 2.46. The smallest absolute Gasteiger partial charge is 0.247 e. The van der Waals surface area contributed by atoms with Crippen LogP contribution in [0.4, 0.5) is 5.69 Å². The molecule has 0 saturated carbocycles. The Morgan fingerprint density at radius 1 is 1.09 bits per heavy atom. The molecule has 2 atom stereocenters. The van der Waals surface area contributed by atoms with Crippen LogP contribution in [0.25, 0.3) is 0 Å². The van der Waals surface area contributed by atoms with E-state index in [0.717, 1.165) is 23.4 Å². The van der Waals surface area contributed by atoms with Gasteiger partial charge in [0.05, 0.1) is 13.2 Å². The minimum atomic E-state index is -0.477. The molecule has 114 valence electrons. The van der Waals surface area contributed by atoms with E-state index in [1.807, 2.05) is 24.3 Å². The largest absolute Gasteiger partial charge is 0.497 e. The standard InChI is InChI=1S/C18H20N2O2/c1-3-12-4-6-13(7-5-12)17-16(19)18(21)20(17)14-8-10-15(22-2)11-9-14/h4-11,16-17H,3,19H2,1-2H3/t16-,17-/m0/s1. The zero-order valence-corrected chi connectivity index (χ0v) is 12.8. The molecule has 0 bridgehead atoms. The summed E-state index contributed by atoms with van der Waals surface area (Å²) >= 11 is 0. The molecule has 0 aromatic heterocycles. The highest BCUT2D eigenvalue weighted by atomic mass is 16.5. The summed E-state index contributed by atoms with van der Waals surface area (Å²) in [6.07, 6.45) is 0.998. The topological polar surface area (TPSA) is 55.6 Å². The molecule has 2 aromatic carbocycles. The summed E-state index contributed by atoms with van der Waals surface area (Å²) in [5.41, 5.74) is 9.23. The van der Waals surface area contributed by atoms with E-state index in [-0.39, 0.29) is 11.9 Å². The summed E-state index contributed by atoms with van der Waals surface area (Å²) in [6, 6.07) is 15.2. The lowest BCUT2D eigenvalue weighted by molar-refractivity contribution is -0.126. The fourth-order valence-electron chi connectivity index (χ4n) is 2.85. The quantitative estimate of drug-likeness (QED) is 0.883. The monoisotopic (exact) mass is 296 g/mol. The number of carbonyl (C=O) groups excluding carboxylic acids is 1. The molecule has 3 rings (SSSR count). The predicted molar refractivity (Wildman–Crippen MR) is 87.0 cm³/mol. The number of methoxy groups -OCH3 is 1. The van der Waals surface area contributed by atoms with Crippen molar-refractivity contribution in [3.05, 3.63) is 59.7 Å². The Morgan fingerprint density at radius 2 is 1.73 bits per heavy atom. The van der Waals surface area contributed by atoms with Crippen molar-refractivity contribution in [1.29, 1.82) is 0 Å². The van der Waals surface area contributed by atoms with Crippen LogP contribution in [0.2, 0.25) is 0 Å². The molecule has 4 heteroatoms. The molecule has 1 saturated heterocycles. The third-order valence-corrected chi connectivity index (χ3v) is 4.22. The highest BCUT2D eigenvalue weighted by Crippen LogP contribution is 2.38. The first kappa shape index (κ1) is 14.6. The third kappa shape index (κ3) is 2.35. The van der Waals surface area contributed by atoms with Crippen molar-refractivity contribution in [2.75, 3.05) is 12.0 Å². The second-order valence-electron chi connectivity index (χ2n) is 5.47. The average molecular weight is 296 g/mol. The molecular weight excluding hydrogens is 276 g/mol. The third-order valence-electron chi connectivity index (χ3n) is 4.22. The maximum Gasteiger partial charge on any atom is 0.247 e. The van der Waals surface area contributed by atoms with Crippen LogP contribution in [0.3, 0.4) is 0 Å². The molecule has 2 N–H and O–H groups in total. The Kier molecular flexibility index (Phi) is 3.86. The van der Waals surface area contributed by atoms with Crippen LogP contribution in [0.15, 0.2) is 48.5 Å². The van der Waals surface area contributed by atoms with Gasteiger partial charge in [-0.15, -0.1) is 0 Å². The minimum absolute atomic E-state index is 0.0465. The summed E-state index contributed by atoms with van der Waals surface area (Å²) in [6.45, 7) is 2.12. The lowest BCUT2D eigenvalue weighted by atomic mass is 9.88. The number of carbonyl (C=O) groups is 1. The van der Waals surface area contributed by atoms with Gasteiger partial charge in [0.25, 0.3) is 0 Å². The highest BCUT2D eigenvalue weighted by molar-refractivity contribution is 6.05. The molecule has 1 heterocycles. The summed E-state index contributed by atoms with van der Waals surface area (Å²) in [5, 5.41) is 0. The van der Waals surface area contributed by atoms with Crippen molar-refractivity contribution >= 4 is 11.6 Å². The Bertz CT molecular complexity index is 664. The molecule has 1 amide bonds. The Balaban J connectivity index is 1.89. The molecule has 0 radical (unpaired) electrons. The number of aryl methyl sites for hydroxylation is 1. The number of amides is 1. The normalized spacial score (nSPS) is 20.7. The number of rotatable bonds is 4. The molecule has 1 aliphatic heterocycles. The molecule has 1 fully saturated rings. The number of benzene rings is 2. The van der Waals surface area contributed by atoms with Gasteiger partial charge in [0, 0.05) is 5.69 Å². The number of hydrogen-bond donors (Lipinski definition) is 1. The van der Waals surface area contributed by atoms with Gasteiger partial charge < -0.3 is 15.4 Å². The van der Waals surface area contributed by atoms with E-state index in [2.05, 4.69) is 31.2 Å². The summed E-state index contributed by atoms with van der Waals surface area (Å²) < 4.78 is 5.16. The maximum atomic E-state index is 12.2. The van der Waals surface area contributed by atoms with Crippen LogP contribution in [-0.2, 0) is 11.2 Å². The summed E-state index contributed by atoms with van der Waals surface area (Å²) in [7, 11) is 1.62. The van der Waals surface area contributed by atoms with Gasteiger partial charge in [-0.1, -0.05) is 31.2 Å². The lowest BCUT2D eigenvalue weighted by Crippen LogP contribution is -2.63. The minimum Gasteiger partial charge on any atom is -0.497 e. The van der Waals surface area contributed by atoms with E-state index in [0.29, 0.717) is 0 Å². The van der Waals surface area contributed by atoms with E-state index < -0.39 is 6.04 Å². The van der Waals surface area contributed by atoms with Crippen molar-refractivity contribution in [2.24, 2.45) is 5.73 Å². The molecule has 0 spiro atoms. The molecule has 0 aliphatic carbocycles. The first-order valence-electron chi connectivity index (χ1n) is 7.47. The lowest BCUT2D eigenvalue weighted by Gasteiger charge is -2.45. The van der Waals surface area contributed by atoms with Crippen molar-refractivity contribution in [3.63, 3.8) is 0 Å². The molecule has 1 aliphatic rings. The SMILES string of the molecule is CCc1ccc([C@H]2[C@H](N)C(=O)N2c2ccc(OC)cc2)cc1. The Morgan fingerprint density at radius 3 is 2.27 bits per heavy atom. The second kappa shape index (κ2) is 5.81. The fraction of sp³-hybridized carbons (Fsp3) is 0.278. The number of β-lactam (4-membered cyclic amide) rings is 1. The van der Waals surface area contributed by atoms with Gasteiger partial charge >= 0.3 is 0 Å². The Hall–Kier alpha value is -2.33.